The third-order valence-corrected chi connectivity index (χ3v) is 6.96. The van der Waals surface area contributed by atoms with Crippen molar-refractivity contribution in [1.29, 1.82) is 0 Å². The molecule has 0 bridgehead atoms. The number of nitrogens with one attached hydrogen (secondary N) is 1. The van der Waals surface area contributed by atoms with Crippen LogP contribution in [0.3, 0.4) is 0 Å². The maximum Gasteiger partial charge on any atom is 0.295 e. The number of carbonyl (C=O) groups excluding carboxylic acids is 2. The van der Waals surface area contributed by atoms with Gasteiger partial charge in [0.05, 0.1) is 32.3 Å². The Hall–Kier alpha value is -3.42. The molecule has 192 valence electrons. The minimum Gasteiger partial charge on any atom is -0.507 e. The number of aryl methyl sites for hydroxylation is 1. The molecule has 37 heavy (non-hydrogen) atoms. The van der Waals surface area contributed by atoms with Crippen molar-refractivity contribution >= 4 is 33.4 Å². The molecule has 1 saturated heterocycles. The van der Waals surface area contributed by atoms with Crippen LogP contribution in [0.15, 0.2) is 82.8 Å². The highest BCUT2D eigenvalue weighted by atomic mass is 79.9. The summed E-state index contributed by atoms with van der Waals surface area (Å²) < 4.78 is 6.81. The fraction of sp³-hybridized carbons (Fsp3) is 0.267. The Morgan fingerprint density at radius 3 is 2.46 bits per heavy atom. The van der Waals surface area contributed by atoms with Crippen LogP contribution in [-0.4, -0.2) is 48.9 Å². The van der Waals surface area contributed by atoms with Crippen molar-refractivity contribution in [3.8, 4) is 5.75 Å². The van der Waals surface area contributed by atoms with Gasteiger partial charge in [-0.2, -0.15) is 0 Å². The van der Waals surface area contributed by atoms with Crippen LogP contribution in [0.4, 0.5) is 0 Å². The minimum atomic E-state index is -0.665. The van der Waals surface area contributed by atoms with Gasteiger partial charge in [0.15, 0.2) is 0 Å². The van der Waals surface area contributed by atoms with E-state index >= 15 is 0 Å². The molecule has 2 N–H and O–H groups in total. The van der Waals surface area contributed by atoms with Gasteiger partial charge in [-0.25, -0.2) is 0 Å². The highest BCUT2D eigenvalue weighted by Gasteiger charge is 2.45. The second kappa shape index (κ2) is 11.8. The Labute approximate surface area is 226 Å². The van der Waals surface area contributed by atoms with Gasteiger partial charge in [-0.05, 0) is 53.9 Å². The zero-order chi connectivity index (χ0) is 26.5. The number of halogens is 1. The van der Waals surface area contributed by atoms with E-state index in [4.69, 9.17) is 4.74 Å². The van der Waals surface area contributed by atoms with E-state index in [-0.39, 0.29) is 11.3 Å². The first kappa shape index (κ1) is 26.6. The van der Waals surface area contributed by atoms with E-state index in [2.05, 4.69) is 30.0 Å². The van der Waals surface area contributed by atoms with Crippen LogP contribution in [0.1, 0.15) is 34.7 Å². The fourth-order valence-corrected chi connectivity index (χ4v) is 5.00. The first-order valence-electron chi connectivity index (χ1n) is 12.4. The highest BCUT2D eigenvalue weighted by molar-refractivity contribution is 9.10. The molecule has 1 aliphatic rings. The lowest BCUT2D eigenvalue weighted by atomic mass is 9.94. The van der Waals surface area contributed by atoms with Crippen molar-refractivity contribution in [3.05, 3.63) is 105 Å². The molecule has 1 atom stereocenters. The molecule has 3 aromatic rings. The summed E-state index contributed by atoms with van der Waals surface area (Å²) in [5, 5.41) is 11.4. The topological polar surface area (TPSA) is 71.3 Å². The van der Waals surface area contributed by atoms with Crippen LogP contribution in [-0.2, 0) is 16.2 Å². The van der Waals surface area contributed by atoms with Gasteiger partial charge in [-0.3, -0.25) is 9.59 Å². The molecule has 0 aliphatic carbocycles. The maximum atomic E-state index is 13.3. The zero-order valence-electron chi connectivity index (χ0n) is 21.3. The lowest BCUT2D eigenvalue weighted by Crippen LogP contribution is -3.05. The van der Waals surface area contributed by atoms with E-state index in [0.29, 0.717) is 24.5 Å². The molecular weight excluding hydrogens is 532 g/mol. The molecule has 3 aromatic carbocycles. The third kappa shape index (κ3) is 6.12. The number of likely N-dealkylation sites (tertiary alicyclic amines) is 1. The number of aliphatic hydroxyl groups is 1. The van der Waals surface area contributed by atoms with Crippen molar-refractivity contribution in [2.45, 2.75) is 26.0 Å². The van der Waals surface area contributed by atoms with E-state index in [9.17, 15) is 14.7 Å². The van der Waals surface area contributed by atoms with Gasteiger partial charge in [0, 0.05) is 23.0 Å². The Bertz CT molecular complexity index is 1320. The number of ether oxygens (including phenoxy) is 1. The minimum absolute atomic E-state index is 0.109. The molecule has 7 heteroatoms. The van der Waals surface area contributed by atoms with Crippen LogP contribution < -0.4 is 9.64 Å². The Morgan fingerprint density at radius 2 is 1.78 bits per heavy atom. The number of nitrogens with zero attached hydrogens (tertiary/aromatic N) is 1. The first-order chi connectivity index (χ1) is 17.8. The van der Waals surface area contributed by atoms with Crippen molar-refractivity contribution in [2.24, 2.45) is 0 Å². The number of carbonyl (C=O) groups is 2. The smallest absolute Gasteiger partial charge is 0.295 e. The lowest BCUT2D eigenvalue weighted by Gasteiger charge is -2.25. The highest BCUT2D eigenvalue weighted by Crippen LogP contribution is 2.40. The summed E-state index contributed by atoms with van der Waals surface area (Å²) in [5.41, 5.74) is 3.23. The number of rotatable bonds is 9. The van der Waals surface area contributed by atoms with Gasteiger partial charge in [-0.15, -0.1) is 0 Å². The van der Waals surface area contributed by atoms with Crippen molar-refractivity contribution in [1.82, 2.24) is 4.90 Å². The number of hydrogen-bond donors (Lipinski definition) is 2. The lowest BCUT2D eigenvalue weighted by molar-refractivity contribution is -0.858. The monoisotopic (exact) mass is 563 g/mol. The number of quaternary nitrogens is 1. The van der Waals surface area contributed by atoms with Crippen LogP contribution in [0, 0.1) is 6.92 Å². The Morgan fingerprint density at radius 1 is 1.03 bits per heavy atom. The predicted octanol–water partition coefficient (Wildman–Crippen LogP) is 4.29. The van der Waals surface area contributed by atoms with Gasteiger partial charge in [0.25, 0.3) is 11.7 Å². The van der Waals surface area contributed by atoms with E-state index in [1.54, 1.807) is 23.1 Å². The average molecular weight is 565 g/mol. The molecular formula is C30H32BrN2O4+. The summed E-state index contributed by atoms with van der Waals surface area (Å²) in [6.07, 6.45) is 0.743. The fourth-order valence-electron chi connectivity index (χ4n) is 4.59. The molecule has 1 amide bonds. The molecule has 0 aromatic heterocycles. The van der Waals surface area contributed by atoms with Crippen molar-refractivity contribution in [3.63, 3.8) is 0 Å². The van der Waals surface area contributed by atoms with Gasteiger partial charge < -0.3 is 19.6 Å². The predicted molar refractivity (Wildman–Crippen MR) is 147 cm³/mol. The Balaban J connectivity index is 1.68. The molecule has 0 radical (unpaired) electrons. The molecule has 1 aliphatic heterocycles. The maximum absolute atomic E-state index is 13.3. The number of amides is 1. The van der Waals surface area contributed by atoms with Crippen molar-refractivity contribution < 1.29 is 24.3 Å². The van der Waals surface area contributed by atoms with Crippen LogP contribution in [0.5, 0.6) is 5.75 Å². The largest absolute Gasteiger partial charge is 0.507 e. The average Bonchev–Trinajstić information content (AvgIpc) is 3.13. The van der Waals surface area contributed by atoms with Crippen LogP contribution >= 0.6 is 15.9 Å². The summed E-state index contributed by atoms with van der Waals surface area (Å²) in [7, 11) is 4.10. The molecule has 0 saturated carbocycles. The standard InChI is InChI=1S/C30H31BrN2O4/c1-20-17-23(13-14-25(20)37-19-21-9-5-4-6-10-21)28(34)26-27(22-11-7-12-24(31)18-22)33(30(36)29(26)35)16-8-15-32(2)3/h4-7,9-14,17-18,27,34H,8,15-16,19H2,1-3H3/p+1/t27-/m0/s1. The quantitative estimate of drug-likeness (QED) is 0.231. The number of benzene rings is 3. The SMILES string of the molecule is Cc1cc(C(O)=C2C(=O)C(=O)N(CCC[NH+](C)C)[C@H]2c2cccc(Br)c2)ccc1OCc1ccccc1. The van der Waals surface area contributed by atoms with E-state index < -0.39 is 17.7 Å². The summed E-state index contributed by atoms with van der Waals surface area (Å²) in [6, 6.07) is 22.0. The summed E-state index contributed by atoms with van der Waals surface area (Å²) >= 11 is 3.50. The summed E-state index contributed by atoms with van der Waals surface area (Å²) in [4.78, 5) is 29.2. The van der Waals surface area contributed by atoms with Gasteiger partial charge >= 0.3 is 0 Å². The van der Waals surface area contributed by atoms with E-state index in [1.807, 2.05) is 61.5 Å². The molecule has 1 fully saturated rings. The number of ketones is 1. The number of Topliss-reactive ketones (excluding diaryl/α,β-unsaturated/α-hetero) is 1. The second-order valence-electron chi connectivity index (χ2n) is 9.61. The number of hydrogen-bond acceptors (Lipinski definition) is 4. The normalized spacial score (nSPS) is 17.0. The molecule has 4 rings (SSSR count). The number of aliphatic hydroxyl groups excluding tert-OH is 1. The second-order valence-corrected chi connectivity index (χ2v) is 10.5. The van der Waals surface area contributed by atoms with E-state index in [1.165, 1.54) is 4.90 Å². The summed E-state index contributed by atoms with van der Waals surface area (Å²) in [6.45, 7) is 3.60. The summed E-state index contributed by atoms with van der Waals surface area (Å²) in [5.74, 6) is -0.737. The van der Waals surface area contributed by atoms with E-state index in [0.717, 1.165) is 34.1 Å². The van der Waals surface area contributed by atoms with Gasteiger partial charge in [0.2, 0.25) is 0 Å². The zero-order valence-corrected chi connectivity index (χ0v) is 22.9. The molecule has 0 unspecified atom stereocenters. The third-order valence-electron chi connectivity index (χ3n) is 6.47. The molecule has 1 heterocycles. The van der Waals surface area contributed by atoms with Gasteiger partial charge in [0.1, 0.15) is 18.1 Å². The van der Waals surface area contributed by atoms with Gasteiger partial charge in [-0.1, -0.05) is 58.4 Å². The molecule has 6 nitrogen and oxygen atoms in total. The Kier molecular flexibility index (Phi) is 8.46. The van der Waals surface area contributed by atoms with Crippen LogP contribution in [0.25, 0.3) is 5.76 Å². The van der Waals surface area contributed by atoms with Crippen LogP contribution in [0.2, 0.25) is 0 Å². The first-order valence-corrected chi connectivity index (χ1v) is 13.2. The molecule has 0 spiro atoms. The van der Waals surface area contributed by atoms with Crippen molar-refractivity contribution in [2.75, 3.05) is 27.2 Å².